The fourth-order valence-corrected chi connectivity index (χ4v) is 4.17. The molecular formula is C14H20BrClN2O2S. The van der Waals surface area contributed by atoms with Crippen molar-refractivity contribution < 1.29 is 8.42 Å². The topological polar surface area (TPSA) is 49.4 Å². The van der Waals surface area contributed by atoms with Crippen LogP contribution in [-0.2, 0) is 16.6 Å². The second-order valence-corrected chi connectivity index (χ2v) is 8.74. The van der Waals surface area contributed by atoms with E-state index in [9.17, 15) is 8.42 Å². The minimum absolute atomic E-state index is 0.181. The average molecular weight is 396 g/mol. The molecule has 0 radical (unpaired) electrons. The van der Waals surface area contributed by atoms with Crippen LogP contribution >= 0.6 is 27.5 Å². The first-order valence-electron chi connectivity index (χ1n) is 7.07. The van der Waals surface area contributed by atoms with Gasteiger partial charge in [-0.3, -0.25) is 0 Å². The number of nitrogens with one attached hydrogen (secondary N) is 1. The summed E-state index contributed by atoms with van der Waals surface area (Å²) in [5.41, 5.74) is 1.12. The maximum Gasteiger partial charge on any atom is 0.213 e. The van der Waals surface area contributed by atoms with Gasteiger partial charge in [-0.05, 0) is 43.5 Å². The van der Waals surface area contributed by atoms with Gasteiger partial charge >= 0.3 is 0 Å². The van der Waals surface area contributed by atoms with Crippen LogP contribution in [0.15, 0.2) is 22.7 Å². The molecule has 1 aliphatic rings. The van der Waals surface area contributed by atoms with Crippen molar-refractivity contribution >= 4 is 37.6 Å². The zero-order valence-corrected chi connectivity index (χ0v) is 15.1. The molecule has 0 aromatic heterocycles. The maximum absolute atomic E-state index is 11.8. The van der Waals surface area contributed by atoms with E-state index in [0.717, 1.165) is 34.4 Å². The van der Waals surface area contributed by atoms with Gasteiger partial charge in [0.1, 0.15) is 0 Å². The highest BCUT2D eigenvalue weighted by Gasteiger charge is 2.26. The van der Waals surface area contributed by atoms with Gasteiger partial charge in [-0.15, -0.1) is 0 Å². The van der Waals surface area contributed by atoms with Crippen molar-refractivity contribution in [2.24, 2.45) is 0 Å². The van der Waals surface area contributed by atoms with Crippen LogP contribution in [-0.4, -0.2) is 37.6 Å². The Morgan fingerprint density at radius 1 is 1.38 bits per heavy atom. The van der Waals surface area contributed by atoms with Crippen molar-refractivity contribution in [2.75, 3.05) is 18.8 Å². The summed E-state index contributed by atoms with van der Waals surface area (Å²) in [4.78, 5) is 0. The van der Waals surface area contributed by atoms with Crippen LogP contribution in [0.3, 0.4) is 0 Å². The molecule has 1 aromatic rings. The van der Waals surface area contributed by atoms with Gasteiger partial charge in [-0.1, -0.05) is 27.5 Å². The summed E-state index contributed by atoms with van der Waals surface area (Å²) in [6.45, 7) is 3.62. The molecule has 1 aromatic carbocycles. The molecule has 1 aliphatic heterocycles. The molecule has 0 atom stereocenters. The first-order valence-corrected chi connectivity index (χ1v) is 9.85. The van der Waals surface area contributed by atoms with Gasteiger partial charge in [0.05, 0.1) is 5.75 Å². The van der Waals surface area contributed by atoms with Gasteiger partial charge < -0.3 is 5.32 Å². The molecule has 1 saturated heterocycles. The quantitative estimate of drug-likeness (QED) is 0.834. The predicted octanol–water partition coefficient (Wildman–Crippen LogP) is 3.01. The molecule has 0 spiro atoms. The number of hydrogen-bond acceptors (Lipinski definition) is 3. The highest BCUT2D eigenvalue weighted by Crippen LogP contribution is 2.22. The Labute approximate surface area is 140 Å². The normalized spacial score (nSPS) is 18.0. The molecule has 2 rings (SSSR count). The van der Waals surface area contributed by atoms with E-state index in [-0.39, 0.29) is 5.75 Å². The van der Waals surface area contributed by atoms with E-state index in [2.05, 4.69) is 21.2 Å². The Morgan fingerprint density at radius 3 is 2.67 bits per heavy atom. The third kappa shape index (κ3) is 4.66. The summed E-state index contributed by atoms with van der Waals surface area (Å²) in [7, 11) is -3.04. The molecule has 1 N–H and O–H groups in total. The third-order valence-electron chi connectivity index (χ3n) is 3.80. The van der Waals surface area contributed by atoms with E-state index in [1.807, 2.05) is 18.2 Å². The van der Waals surface area contributed by atoms with Crippen LogP contribution in [0.5, 0.6) is 0 Å². The number of benzene rings is 1. The van der Waals surface area contributed by atoms with Crippen LogP contribution < -0.4 is 5.32 Å². The number of hydrogen-bond donors (Lipinski definition) is 1. The van der Waals surface area contributed by atoms with Crippen LogP contribution in [0.4, 0.5) is 0 Å². The first kappa shape index (κ1) is 17.2. The molecule has 0 unspecified atom stereocenters. The largest absolute Gasteiger partial charge is 0.310 e. The lowest BCUT2D eigenvalue weighted by Gasteiger charge is -2.31. The Hall–Kier alpha value is -0.140. The van der Waals surface area contributed by atoms with Crippen LogP contribution in [0.25, 0.3) is 0 Å². The number of sulfonamides is 1. The molecule has 1 heterocycles. The molecule has 118 valence electrons. The Kier molecular flexibility index (Phi) is 6.08. The van der Waals surface area contributed by atoms with Crippen LogP contribution in [0.2, 0.25) is 5.02 Å². The molecular weight excluding hydrogens is 376 g/mol. The lowest BCUT2D eigenvalue weighted by Crippen LogP contribution is -2.45. The smallest absolute Gasteiger partial charge is 0.213 e. The molecule has 0 amide bonds. The summed E-state index contributed by atoms with van der Waals surface area (Å²) in [5, 5.41) is 4.21. The highest BCUT2D eigenvalue weighted by atomic mass is 79.9. The second-order valence-electron chi connectivity index (χ2n) is 5.19. The molecule has 21 heavy (non-hydrogen) atoms. The van der Waals surface area contributed by atoms with E-state index >= 15 is 0 Å². The van der Waals surface area contributed by atoms with Crippen molar-refractivity contribution in [3.05, 3.63) is 33.3 Å². The zero-order chi connectivity index (χ0) is 15.5. The molecule has 7 heteroatoms. The minimum atomic E-state index is -3.04. The van der Waals surface area contributed by atoms with E-state index in [1.54, 1.807) is 11.2 Å². The number of piperidine rings is 1. The molecule has 0 saturated carbocycles. The van der Waals surface area contributed by atoms with Crippen LogP contribution in [0.1, 0.15) is 25.3 Å². The monoisotopic (exact) mass is 394 g/mol. The van der Waals surface area contributed by atoms with Gasteiger partial charge in [-0.2, -0.15) is 0 Å². The summed E-state index contributed by atoms with van der Waals surface area (Å²) >= 11 is 9.52. The van der Waals surface area contributed by atoms with Crippen molar-refractivity contribution in [3.8, 4) is 0 Å². The van der Waals surface area contributed by atoms with Crippen molar-refractivity contribution in [1.29, 1.82) is 0 Å². The lowest BCUT2D eigenvalue weighted by atomic mass is 10.1. The number of rotatable bonds is 5. The predicted molar refractivity (Wildman–Crippen MR) is 90.0 cm³/mol. The van der Waals surface area contributed by atoms with Gasteiger partial charge in [0, 0.05) is 35.2 Å². The van der Waals surface area contributed by atoms with Gasteiger partial charge in [-0.25, -0.2) is 12.7 Å². The Morgan fingerprint density at radius 2 is 2.05 bits per heavy atom. The maximum atomic E-state index is 11.8. The third-order valence-corrected chi connectivity index (χ3v) is 6.69. The van der Waals surface area contributed by atoms with Crippen molar-refractivity contribution in [1.82, 2.24) is 9.62 Å². The highest BCUT2D eigenvalue weighted by molar-refractivity contribution is 9.10. The van der Waals surface area contributed by atoms with E-state index in [0.29, 0.717) is 19.1 Å². The van der Waals surface area contributed by atoms with E-state index in [1.165, 1.54) is 0 Å². The van der Waals surface area contributed by atoms with Gasteiger partial charge in [0.15, 0.2) is 0 Å². The number of halogens is 2. The fourth-order valence-electron chi connectivity index (χ4n) is 2.45. The lowest BCUT2D eigenvalue weighted by molar-refractivity contribution is 0.289. The fraction of sp³-hybridized carbons (Fsp3) is 0.571. The van der Waals surface area contributed by atoms with Crippen molar-refractivity contribution in [2.45, 2.75) is 32.4 Å². The zero-order valence-electron chi connectivity index (χ0n) is 12.0. The first-order chi connectivity index (χ1) is 9.92. The van der Waals surface area contributed by atoms with E-state index in [4.69, 9.17) is 11.6 Å². The molecule has 1 fully saturated rings. The standard InChI is InChI=1S/C14H20BrClN2O2S/c1-2-21(19,20)18-7-5-13(6-8-18)17-10-11-9-12(16)3-4-14(11)15/h3-4,9,13,17H,2,5-8,10H2,1H3. The summed E-state index contributed by atoms with van der Waals surface area (Å²) in [6.07, 6.45) is 1.69. The molecule has 0 bridgehead atoms. The van der Waals surface area contributed by atoms with Gasteiger partial charge in [0.25, 0.3) is 0 Å². The Bertz CT molecular complexity index is 587. The SMILES string of the molecule is CCS(=O)(=O)N1CCC(NCc2cc(Cl)ccc2Br)CC1. The Balaban J connectivity index is 1.86. The second kappa shape index (κ2) is 7.42. The average Bonchev–Trinajstić information content (AvgIpc) is 2.48. The summed E-state index contributed by atoms with van der Waals surface area (Å²) in [6, 6.07) is 6.08. The van der Waals surface area contributed by atoms with Gasteiger partial charge in [0.2, 0.25) is 10.0 Å². The number of nitrogens with zero attached hydrogens (tertiary/aromatic N) is 1. The van der Waals surface area contributed by atoms with Crippen LogP contribution in [0, 0.1) is 0 Å². The summed E-state index contributed by atoms with van der Waals surface area (Å²) in [5.74, 6) is 0.181. The van der Waals surface area contributed by atoms with E-state index < -0.39 is 10.0 Å². The van der Waals surface area contributed by atoms with Crippen molar-refractivity contribution in [3.63, 3.8) is 0 Å². The summed E-state index contributed by atoms with van der Waals surface area (Å²) < 4.78 is 26.2. The molecule has 4 nitrogen and oxygen atoms in total. The minimum Gasteiger partial charge on any atom is -0.310 e. The molecule has 0 aliphatic carbocycles.